The van der Waals surface area contributed by atoms with Crippen LogP contribution in [0.1, 0.15) is 48.5 Å². The fourth-order valence-electron chi connectivity index (χ4n) is 3.51. The van der Waals surface area contributed by atoms with Gasteiger partial charge in [-0.2, -0.15) is 5.10 Å². The van der Waals surface area contributed by atoms with Gasteiger partial charge in [-0.05, 0) is 38.2 Å². The van der Waals surface area contributed by atoms with Crippen LogP contribution in [0, 0.1) is 5.92 Å². The van der Waals surface area contributed by atoms with E-state index in [9.17, 15) is 9.90 Å². The van der Waals surface area contributed by atoms with Gasteiger partial charge in [0.15, 0.2) is 0 Å². The van der Waals surface area contributed by atoms with Crippen LogP contribution < -0.4 is 5.32 Å². The molecule has 2 aromatic heterocycles. The molecule has 4 rings (SSSR count). The lowest BCUT2D eigenvalue weighted by atomic mass is 9.78. The van der Waals surface area contributed by atoms with Crippen molar-refractivity contribution in [2.75, 3.05) is 0 Å². The highest BCUT2D eigenvalue weighted by atomic mass is 16.5. The van der Waals surface area contributed by atoms with E-state index in [1.165, 1.54) is 0 Å². The fourth-order valence-corrected chi connectivity index (χ4v) is 3.51. The summed E-state index contributed by atoms with van der Waals surface area (Å²) in [5.74, 6) is 0.593. The number of aromatic nitrogens is 3. The summed E-state index contributed by atoms with van der Waals surface area (Å²) in [7, 11) is 0. The number of aryl methyl sites for hydroxylation is 1. The van der Waals surface area contributed by atoms with Gasteiger partial charge in [0.25, 0.3) is 5.91 Å². The molecule has 0 saturated heterocycles. The third-order valence-electron chi connectivity index (χ3n) is 5.23. The number of aliphatic hydroxyl groups is 1. The molecule has 2 N–H and O–H groups in total. The average molecular weight is 380 g/mol. The maximum absolute atomic E-state index is 12.4. The van der Waals surface area contributed by atoms with E-state index in [0.29, 0.717) is 17.3 Å². The highest BCUT2D eigenvalue weighted by molar-refractivity contribution is 5.92. The van der Waals surface area contributed by atoms with Crippen molar-refractivity contribution in [1.29, 1.82) is 0 Å². The summed E-state index contributed by atoms with van der Waals surface area (Å²) in [4.78, 5) is 12.4. The van der Waals surface area contributed by atoms with Gasteiger partial charge in [0.05, 0.1) is 11.8 Å². The summed E-state index contributed by atoms with van der Waals surface area (Å²) in [5, 5.41) is 20.9. The van der Waals surface area contributed by atoms with Crippen LogP contribution in [-0.4, -0.2) is 32.0 Å². The minimum atomic E-state index is -0.539. The number of aliphatic hydroxyl groups excluding tert-OH is 1. The highest BCUT2D eigenvalue weighted by Gasteiger charge is 2.31. The highest BCUT2D eigenvalue weighted by Crippen LogP contribution is 2.31. The van der Waals surface area contributed by atoms with Gasteiger partial charge < -0.3 is 14.9 Å². The van der Waals surface area contributed by atoms with Gasteiger partial charge in [-0.25, -0.2) is 0 Å². The molecule has 0 spiro atoms. The van der Waals surface area contributed by atoms with Crippen molar-refractivity contribution < 1.29 is 14.4 Å². The number of hydrogen-bond donors (Lipinski definition) is 2. The van der Waals surface area contributed by atoms with Gasteiger partial charge in [-0.3, -0.25) is 9.48 Å². The van der Waals surface area contributed by atoms with Crippen LogP contribution in [0.15, 0.2) is 53.2 Å². The van der Waals surface area contributed by atoms with E-state index in [2.05, 4.69) is 15.6 Å². The second kappa shape index (κ2) is 7.98. The molecule has 2 heterocycles. The predicted molar refractivity (Wildman–Crippen MR) is 103 cm³/mol. The summed E-state index contributed by atoms with van der Waals surface area (Å²) in [6, 6.07) is 13.3. The van der Waals surface area contributed by atoms with Gasteiger partial charge in [0, 0.05) is 30.4 Å². The molecule has 7 heteroatoms. The number of rotatable bonds is 7. The molecule has 0 aliphatic heterocycles. The molecule has 146 valence electrons. The number of hydrogen-bond acceptors (Lipinski definition) is 5. The largest absolute Gasteiger partial charge is 0.387 e. The lowest BCUT2D eigenvalue weighted by Gasteiger charge is -2.35. The summed E-state index contributed by atoms with van der Waals surface area (Å²) < 4.78 is 7.08. The third-order valence-corrected chi connectivity index (χ3v) is 5.23. The molecule has 7 nitrogen and oxygen atoms in total. The second-order valence-electron chi connectivity index (χ2n) is 7.42. The first-order valence-electron chi connectivity index (χ1n) is 9.63. The molecular formula is C21H24N4O3. The Labute approximate surface area is 163 Å². The van der Waals surface area contributed by atoms with Crippen molar-refractivity contribution in [2.45, 2.75) is 44.9 Å². The van der Waals surface area contributed by atoms with Gasteiger partial charge in [-0.1, -0.05) is 35.5 Å². The molecule has 3 aromatic rings. The fraction of sp³-hybridized carbons (Fsp3) is 0.381. The zero-order valence-corrected chi connectivity index (χ0v) is 15.8. The Morgan fingerprint density at radius 1 is 1.32 bits per heavy atom. The normalized spacial score (nSPS) is 19.8. The maximum Gasteiger partial charge on any atom is 0.290 e. The molecule has 1 amide bonds. The minimum absolute atomic E-state index is 0.174. The zero-order chi connectivity index (χ0) is 19.5. The summed E-state index contributed by atoms with van der Waals surface area (Å²) in [6.45, 7) is 2.53. The van der Waals surface area contributed by atoms with Crippen LogP contribution in [0.4, 0.5) is 0 Å². The molecule has 0 bridgehead atoms. The molecule has 1 saturated carbocycles. The Kier molecular flexibility index (Phi) is 5.25. The number of carbonyl (C=O) groups is 1. The first-order valence-corrected chi connectivity index (χ1v) is 9.63. The molecule has 1 atom stereocenters. The number of nitrogens with zero attached hydrogens (tertiary/aromatic N) is 3. The van der Waals surface area contributed by atoms with E-state index in [-0.39, 0.29) is 17.7 Å². The Balaban J connectivity index is 1.22. The summed E-state index contributed by atoms with van der Waals surface area (Å²) in [5.41, 5.74) is 2.28. The van der Waals surface area contributed by atoms with Crippen molar-refractivity contribution in [1.82, 2.24) is 20.3 Å². The molecule has 28 heavy (non-hydrogen) atoms. The molecular weight excluding hydrogens is 356 g/mol. The standard InChI is InChI=1S/C21H24N4O3/c1-14(26)18-8-10-25(23-18)9-7-15-11-17(12-15)22-21(27)20-13-19(24-28-20)16-5-3-2-4-6-16/h2-6,8,10,13-15,17,26H,7,9,11-12H2,1H3,(H,22,27)/t14-,15?,17?/m1/s1. The van der Waals surface area contributed by atoms with E-state index >= 15 is 0 Å². The topological polar surface area (TPSA) is 93.2 Å². The van der Waals surface area contributed by atoms with Crippen LogP contribution in [-0.2, 0) is 6.54 Å². The number of amides is 1. The minimum Gasteiger partial charge on any atom is -0.387 e. The van der Waals surface area contributed by atoms with E-state index in [1.807, 2.05) is 47.3 Å². The van der Waals surface area contributed by atoms with Crippen LogP contribution in [0.5, 0.6) is 0 Å². The molecule has 1 aromatic carbocycles. The number of benzene rings is 1. The Morgan fingerprint density at radius 3 is 2.82 bits per heavy atom. The maximum atomic E-state index is 12.4. The van der Waals surface area contributed by atoms with Crippen molar-refractivity contribution in [2.24, 2.45) is 5.92 Å². The van der Waals surface area contributed by atoms with Crippen molar-refractivity contribution in [3.8, 4) is 11.3 Å². The Bertz CT molecular complexity index is 926. The third kappa shape index (κ3) is 4.14. The first-order chi connectivity index (χ1) is 13.6. The van der Waals surface area contributed by atoms with Crippen molar-refractivity contribution >= 4 is 5.91 Å². The monoisotopic (exact) mass is 380 g/mol. The average Bonchev–Trinajstić information content (AvgIpc) is 3.33. The van der Waals surface area contributed by atoms with E-state index in [1.54, 1.807) is 13.0 Å². The van der Waals surface area contributed by atoms with Crippen LogP contribution in [0.3, 0.4) is 0 Å². The van der Waals surface area contributed by atoms with E-state index < -0.39 is 6.10 Å². The van der Waals surface area contributed by atoms with Crippen LogP contribution in [0.2, 0.25) is 0 Å². The lowest BCUT2D eigenvalue weighted by molar-refractivity contribution is 0.0846. The second-order valence-corrected chi connectivity index (χ2v) is 7.42. The number of carbonyl (C=O) groups excluding carboxylic acids is 1. The number of nitrogens with one attached hydrogen (secondary N) is 1. The van der Waals surface area contributed by atoms with Crippen molar-refractivity contribution in [3.05, 3.63) is 60.1 Å². The SMILES string of the molecule is C[C@@H](O)c1ccn(CCC2CC(NC(=O)c3cc(-c4ccccc4)no3)C2)n1. The molecule has 1 aliphatic rings. The van der Waals surface area contributed by atoms with Crippen LogP contribution >= 0.6 is 0 Å². The summed E-state index contributed by atoms with van der Waals surface area (Å²) >= 11 is 0. The molecule has 1 fully saturated rings. The first kappa shape index (κ1) is 18.4. The van der Waals surface area contributed by atoms with E-state index in [0.717, 1.165) is 31.4 Å². The molecule has 0 unspecified atom stereocenters. The Hall–Kier alpha value is -2.93. The summed E-state index contributed by atoms with van der Waals surface area (Å²) in [6.07, 6.45) is 4.27. The Morgan fingerprint density at radius 2 is 2.11 bits per heavy atom. The lowest BCUT2D eigenvalue weighted by Crippen LogP contribution is -2.44. The van der Waals surface area contributed by atoms with Gasteiger partial charge in [0.2, 0.25) is 5.76 Å². The van der Waals surface area contributed by atoms with Crippen LogP contribution in [0.25, 0.3) is 11.3 Å². The van der Waals surface area contributed by atoms with E-state index in [4.69, 9.17) is 4.52 Å². The van der Waals surface area contributed by atoms with Crippen molar-refractivity contribution in [3.63, 3.8) is 0 Å². The van der Waals surface area contributed by atoms with Gasteiger partial charge in [-0.15, -0.1) is 0 Å². The quantitative estimate of drug-likeness (QED) is 0.657. The smallest absolute Gasteiger partial charge is 0.290 e. The predicted octanol–water partition coefficient (Wildman–Crippen LogP) is 3.19. The van der Waals surface area contributed by atoms with Gasteiger partial charge in [0.1, 0.15) is 5.69 Å². The molecule has 0 radical (unpaired) electrons. The van der Waals surface area contributed by atoms with Gasteiger partial charge >= 0.3 is 0 Å². The zero-order valence-electron chi connectivity index (χ0n) is 15.8. The molecule has 1 aliphatic carbocycles.